The van der Waals surface area contributed by atoms with Crippen molar-refractivity contribution in [2.24, 2.45) is 0 Å². The van der Waals surface area contributed by atoms with Gasteiger partial charge in [-0.25, -0.2) is 13.9 Å². The van der Waals surface area contributed by atoms with E-state index in [9.17, 15) is 14.0 Å². The van der Waals surface area contributed by atoms with Crippen molar-refractivity contribution in [3.8, 4) is 0 Å². The molecule has 3 aromatic rings. The van der Waals surface area contributed by atoms with Crippen molar-refractivity contribution in [1.29, 1.82) is 0 Å². The van der Waals surface area contributed by atoms with Crippen LogP contribution in [0.25, 0.3) is 5.65 Å². The fourth-order valence-corrected chi connectivity index (χ4v) is 3.35. The van der Waals surface area contributed by atoms with Crippen molar-refractivity contribution in [1.82, 2.24) is 24.8 Å². The summed E-state index contributed by atoms with van der Waals surface area (Å²) in [6.07, 6.45) is 3.86. The van der Waals surface area contributed by atoms with E-state index in [1.165, 1.54) is 16.8 Å². The zero-order valence-corrected chi connectivity index (χ0v) is 17.7. The molecule has 0 aliphatic heterocycles. The highest BCUT2D eigenvalue weighted by atomic mass is 19.1. The van der Waals surface area contributed by atoms with Crippen LogP contribution >= 0.6 is 0 Å². The first-order valence-corrected chi connectivity index (χ1v) is 10.2. The van der Waals surface area contributed by atoms with Gasteiger partial charge in [0.1, 0.15) is 11.4 Å². The standard InChI is InChI=1S/C22H28FN5O2/c1-4-5-11-27(3)12-10-24-21(29)18-14-25-28-20(18)26-15(2)17(22(28)30)13-16-8-6-7-9-19(16)23/h6-9,14,25H,4-5,10-13H2,1-3H3,(H,24,29). The summed E-state index contributed by atoms with van der Waals surface area (Å²) in [5, 5.41) is 5.69. The first-order valence-electron chi connectivity index (χ1n) is 10.2. The molecule has 0 atom stereocenters. The number of aromatic amines is 1. The normalized spacial score (nSPS) is 11.4. The molecule has 0 spiro atoms. The Bertz CT molecular complexity index is 1090. The number of aryl methyl sites for hydroxylation is 1. The fourth-order valence-electron chi connectivity index (χ4n) is 3.35. The molecule has 2 heterocycles. The van der Waals surface area contributed by atoms with Gasteiger partial charge >= 0.3 is 0 Å². The number of amides is 1. The van der Waals surface area contributed by atoms with Crippen LogP contribution in [0.2, 0.25) is 0 Å². The molecule has 0 aliphatic rings. The minimum Gasteiger partial charge on any atom is -0.351 e. The molecule has 0 saturated heterocycles. The van der Waals surface area contributed by atoms with Gasteiger partial charge in [-0.3, -0.25) is 14.7 Å². The molecule has 3 rings (SSSR count). The monoisotopic (exact) mass is 413 g/mol. The first kappa shape index (κ1) is 21.7. The number of halogens is 1. The number of nitrogens with one attached hydrogen (secondary N) is 2. The van der Waals surface area contributed by atoms with Crippen LogP contribution in [0.15, 0.2) is 35.3 Å². The van der Waals surface area contributed by atoms with E-state index in [1.807, 2.05) is 7.05 Å². The summed E-state index contributed by atoms with van der Waals surface area (Å²) in [6.45, 7) is 6.08. The summed E-state index contributed by atoms with van der Waals surface area (Å²) in [7, 11) is 2.02. The largest absolute Gasteiger partial charge is 0.351 e. The molecule has 0 aliphatic carbocycles. The number of likely N-dealkylation sites (N-methyl/N-ethyl adjacent to an activating group) is 1. The second-order valence-electron chi connectivity index (χ2n) is 7.51. The van der Waals surface area contributed by atoms with E-state index >= 15 is 0 Å². The van der Waals surface area contributed by atoms with Crippen LogP contribution in [0.3, 0.4) is 0 Å². The Hall–Kier alpha value is -3.00. The van der Waals surface area contributed by atoms with E-state index < -0.39 is 0 Å². The quantitative estimate of drug-likeness (QED) is 0.565. The Morgan fingerprint density at radius 3 is 2.80 bits per heavy atom. The van der Waals surface area contributed by atoms with E-state index in [0.717, 1.165) is 25.9 Å². The number of nitrogens with zero attached hydrogens (tertiary/aromatic N) is 3. The van der Waals surface area contributed by atoms with Gasteiger partial charge in [0.2, 0.25) is 0 Å². The van der Waals surface area contributed by atoms with Crippen LogP contribution in [0.4, 0.5) is 4.39 Å². The van der Waals surface area contributed by atoms with Crippen LogP contribution in [-0.2, 0) is 6.42 Å². The maximum absolute atomic E-state index is 14.0. The number of carbonyl (C=O) groups is 1. The molecule has 0 bridgehead atoms. The maximum Gasteiger partial charge on any atom is 0.276 e. The lowest BCUT2D eigenvalue weighted by atomic mass is 10.0. The van der Waals surface area contributed by atoms with Crippen molar-refractivity contribution >= 4 is 11.6 Å². The third-order valence-corrected chi connectivity index (χ3v) is 5.20. The molecule has 1 aromatic carbocycles. The summed E-state index contributed by atoms with van der Waals surface area (Å²) in [6, 6.07) is 6.35. The predicted molar refractivity (Wildman–Crippen MR) is 114 cm³/mol. The molecule has 8 heteroatoms. The number of unbranched alkanes of at least 4 members (excludes halogenated alkanes) is 1. The minimum absolute atomic E-state index is 0.137. The SMILES string of the molecule is CCCCN(C)CCNC(=O)c1c[nH]n2c(=O)c(Cc3ccccc3F)c(C)nc12. The lowest BCUT2D eigenvalue weighted by molar-refractivity contribution is 0.0951. The van der Waals surface area contributed by atoms with Gasteiger partial charge in [-0.1, -0.05) is 31.5 Å². The van der Waals surface area contributed by atoms with Gasteiger partial charge in [0.25, 0.3) is 11.5 Å². The summed E-state index contributed by atoms with van der Waals surface area (Å²) in [5.74, 6) is -0.650. The number of hydrogen-bond acceptors (Lipinski definition) is 4. The first-order chi connectivity index (χ1) is 14.4. The van der Waals surface area contributed by atoms with Crippen LogP contribution in [0, 0.1) is 12.7 Å². The second-order valence-corrected chi connectivity index (χ2v) is 7.51. The van der Waals surface area contributed by atoms with E-state index in [1.54, 1.807) is 25.1 Å². The summed E-state index contributed by atoms with van der Waals surface area (Å²) in [5.41, 5.74) is 1.55. The van der Waals surface area contributed by atoms with Gasteiger partial charge in [-0.2, -0.15) is 0 Å². The number of fused-ring (bicyclic) bond motifs is 1. The van der Waals surface area contributed by atoms with Crippen molar-refractivity contribution in [3.63, 3.8) is 0 Å². The van der Waals surface area contributed by atoms with Crippen molar-refractivity contribution in [2.75, 3.05) is 26.7 Å². The summed E-state index contributed by atoms with van der Waals surface area (Å²) >= 11 is 0. The molecular weight excluding hydrogens is 385 g/mol. The van der Waals surface area contributed by atoms with Gasteiger partial charge in [0.15, 0.2) is 5.65 Å². The van der Waals surface area contributed by atoms with Crippen molar-refractivity contribution in [2.45, 2.75) is 33.1 Å². The average molecular weight is 413 g/mol. The zero-order valence-electron chi connectivity index (χ0n) is 17.7. The number of aromatic nitrogens is 3. The molecule has 2 aromatic heterocycles. The van der Waals surface area contributed by atoms with Gasteiger partial charge in [-0.05, 0) is 38.6 Å². The van der Waals surface area contributed by atoms with Gasteiger partial charge < -0.3 is 10.2 Å². The van der Waals surface area contributed by atoms with E-state index in [-0.39, 0.29) is 29.4 Å². The number of benzene rings is 1. The topological polar surface area (TPSA) is 82.5 Å². The molecule has 2 N–H and O–H groups in total. The predicted octanol–water partition coefficient (Wildman–Crippen LogP) is 2.52. The van der Waals surface area contributed by atoms with Gasteiger partial charge in [0.05, 0.1) is 0 Å². The molecule has 0 saturated carbocycles. The number of carbonyl (C=O) groups excluding carboxylic acids is 1. The molecule has 0 unspecified atom stereocenters. The lowest BCUT2D eigenvalue weighted by Crippen LogP contribution is -2.33. The Morgan fingerprint density at radius 2 is 2.07 bits per heavy atom. The van der Waals surface area contributed by atoms with Crippen molar-refractivity contribution < 1.29 is 9.18 Å². The fraction of sp³-hybridized carbons (Fsp3) is 0.409. The third-order valence-electron chi connectivity index (χ3n) is 5.20. The maximum atomic E-state index is 14.0. The Balaban J connectivity index is 1.78. The average Bonchev–Trinajstić information content (AvgIpc) is 3.14. The Labute approximate surface area is 174 Å². The van der Waals surface area contributed by atoms with Gasteiger partial charge in [-0.15, -0.1) is 0 Å². The number of rotatable bonds is 9. The lowest BCUT2D eigenvalue weighted by Gasteiger charge is -2.16. The number of H-pyrrole nitrogens is 1. The van der Waals surface area contributed by atoms with E-state index in [4.69, 9.17) is 0 Å². The van der Waals surface area contributed by atoms with Crippen LogP contribution in [0.1, 0.15) is 46.9 Å². The van der Waals surface area contributed by atoms with Gasteiger partial charge in [0, 0.05) is 37.0 Å². The van der Waals surface area contributed by atoms with Crippen molar-refractivity contribution in [3.05, 3.63) is 69.0 Å². The Morgan fingerprint density at radius 1 is 1.30 bits per heavy atom. The van der Waals surface area contributed by atoms with Crippen LogP contribution in [0.5, 0.6) is 0 Å². The molecule has 30 heavy (non-hydrogen) atoms. The van der Waals surface area contributed by atoms with Crippen LogP contribution < -0.4 is 10.9 Å². The van der Waals surface area contributed by atoms with Crippen LogP contribution in [-0.4, -0.2) is 52.1 Å². The zero-order chi connectivity index (χ0) is 21.7. The van der Waals surface area contributed by atoms with E-state index in [0.29, 0.717) is 28.9 Å². The summed E-state index contributed by atoms with van der Waals surface area (Å²) < 4.78 is 15.3. The highest BCUT2D eigenvalue weighted by Crippen LogP contribution is 2.15. The molecule has 160 valence electrons. The van der Waals surface area contributed by atoms with E-state index in [2.05, 4.69) is 27.2 Å². The number of hydrogen-bond donors (Lipinski definition) is 2. The third kappa shape index (κ3) is 4.76. The molecular formula is C22H28FN5O2. The second kappa shape index (κ2) is 9.67. The minimum atomic E-state index is -0.364. The smallest absolute Gasteiger partial charge is 0.276 e. The molecule has 1 amide bonds. The highest BCUT2D eigenvalue weighted by molar-refractivity contribution is 5.99. The highest BCUT2D eigenvalue weighted by Gasteiger charge is 2.19. The molecule has 7 nitrogen and oxygen atoms in total. The summed E-state index contributed by atoms with van der Waals surface area (Å²) in [4.78, 5) is 32.2. The Kier molecular flexibility index (Phi) is 6.99. The molecule has 0 fully saturated rings. The molecule has 0 radical (unpaired) electrons.